The maximum Gasteiger partial charge on any atom is 0.0941 e. The molecule has 1 aliphatic carbocycles. The summed E-state index contributed by atoms with van der Waals surface area (Å²) < 4.78 is 0. The molecule has 1 atom stereocenters. The lowest BCUT2D eigenvalue weighted by Crippen LogP contribution is -2.50. The first-order valence-corrected chi connectivity index (χ1v) is 12.2. The summed E-state index contributed by atoms with van der Waals surface area (Å²) in [5.41, 5.74) is 3.64. The molecule has 4 rings (SSSR count). The number of hydrogen-bond donors (Lipinski definition) is 1. The van der Waals surface area contributed by atoms with E-state index >= 15 is 0 Å². The van der Waals surface area contributed by atoms with Gasteiger partial charge in [-0.2, -0.15) is 0 Å². The lowest BCUT2D eigenvalue weighted by atomic mass is 9.95. The fraction of sp³-hybridized carbons (Fsp3) is 0.462. The van der Waals surface area contributed by atoms with E-state index in [9.17, 15) is 0 Å². The third-order valence-corrected chi connectivity index (χ3v) is 7.25. The van der Waals surface area contributed by atoms with Crippen LogP contribution in [0.1, 0.15) is 54.8 Å². The minimum atomic E-state index is 0.118. The van der Waals surface area contributed by atoms with Crippen molar-refractivity contribution in [1.82, 2.24) is 15.1 Å². The highest BCUT2D eigenvalue weighted by molar-refractivity contribution is 6.35. The van der Waals surface area contributed by atoms with Gasteiger partial charge in [0.25, 0.3) is 0 Å². The van der Waals surface area contributed by atoms with E-state index in [0.29, 0.717) is 11.1 Å². The van der Waals surface area contributed by atoms with Crippen molar-refractivity contribution in [2.24, 2.45) is 0 Å². The molecule has 5 heteroatoms. The third kappa shape index (κ3) is 5.58. The highest BCUT2D eigenvalue weighted by atomic mass is 35.5. The first kappa shape index (κ1) is 22.5. The van der Waals surface area contributed by atoms with E-state index in [1.807, 2.05) is 12.1 Å². The number of rotatable bonds is 6. The van der Waals surface area contributed by atoms with Gasteiger partial charge < -0.3 is 10.2 Å². The van der Waals surface area contributed by atoms with Gasteiger partial charge in [-0.3, -0.25) is 4.90 Å². The summed E-state index contributed by atoms with van der Waals surface area (Å²) in [4.78, 5) is 4.94. The standard InChI is InChI=1S/C26H33Cl2N3/c1-19-8-10-21(11-9-19)26(24-13-12-22(27)18-25(24)28)31-16-14-30(15-17-31)20(2)29-23-6-4-3-5-7-23/h8-13,18,23,26,29H,2-7,14-17H2,1H3. The van der Waals surface area contributed by atoms with E-state index in [-0.39, 0.29) is 6.04 Å². The van der Waals surface area contributed by atoms with Crippen LogP contribution in [-0.2, 0) is 0 Å². The van der Waals surface area contributed by atoms with Crippen LogP contribution in [0.5, 0.6) is 0 Å². The highest BCUT2D eigenvalue weighted by Crippen LogP contribution is 2.35. The van der Waals surface area contributed by atoms with Gasteiger partial charge in [-0.25, -0.2) is 0 Å². The molecule has 1 saturated carbocycles. The molecule has 0 aromatic heterocycles. The van der Waals surface area contributed by atoms with Crippen molar-refractivity contribution in [3.05, 3.63) is 81.6 Å². The lowest BCUT2D eigenvalue weighted by molar-refractivity contribution is 0.124. The van der Waals surface area contributed by atoms with E-state index in [4.69, 9.17) is 23.2 Å². The number of piperazine rings is 1. The molecule has 2 aliphatic rings. The van der Waals surface area contributed by atoms with Gasteiger partial charge in [0.15, 0.2) is 0 Å². The van der Waals surface area contributed by atoms with E-state index in [2.05, 4.69) is 59.0 Å². The summed E-state index contributed by atoms with van der Waals surface area (Å²) >= 11 is 12.9. The van der Waals surface area contributed by atoms with Crippen molar-refractivity contribution in [3.8, 4) is 0 Å². The maximum atomic E-state index is 6.67. The number of nitrogens with zero attached hydrogens (tertiary/aromatic N) is 2. The molecule has 166 valence electrons. The summed E-state index contributed by atoms with van der Waals surface area (Å²) in [6.45, 7) is 10.3. The minimum Gasteiger partial charge on any atom is -0.370 e. The van der Waals surface area contributed by atoms with Gasteiger partial charge in [-0.1, -0.05) is 84.9 Å². The van der Waals surface area contributed by atoms with Gasteiger partial charge in [0, 0.05) is 42.3 Å². The Kier molecular flexibility index (Phi) is 7.47. The van der Waals surface area contributed by atoms with Crippen molar-refractivity contribution >= 4 is 23.2 Å². The zero-order valence-corrected chi connectivity index (χ0v) is 19.9. The summed E-state index contributed by atoms with van der Waals surface area (Å²) in [6.07, 6.45) is 6.57. The Bertz CT molecular complexity index is 882. The third-order valence-electron chi connectivity index (χ3n) is 6.69. The normalized spacial score (nSPS) is 19.3. The zero-order valence-electron chi connectivity index (χ0n) is 18.4. The summed E-state index contributed by atoms with van der Waals surface area (Å²) in [5, 5.41) is 5.09. The fourth-order valence-corrected chi connectivity index (χ4v) is 5.39. The Morgan fingerprint density at radius 3 is 2.29 bits per heavy atom. The molecule has 1 aliphatic heterocycles. The smallest absolute Gasteiger partial charge is 0.0941 e. The molecule has 1 N–H and O–H groups in total. The minimum absolute atomic E-state index is 0.118. The van der Waals surface area contributed by atoms with Gasteiger partial charge >= 0.3 is 0 Å². The summed E-state index contributed by atoms with van der Waals surface area (Å²) in [5.74, 6) is 1.09. The molecule has 2 aromatic carbocycles. The number of benzene rings is 2. The topological polar surface area (TPSA) is 18.5 Å². The second-order valence-electron chi connectivity index (χ2n) is 8.93. The first-order chi connectivity index (χ1) is 15.0. The molecule has 1 saturated heterocycles. The Morgan fingerprint density at radius 1 is 0.968 bits per heavy atom. The highest BCUT2D eigenvalue weighted by Gasteiger charge is 2.29. The number of nitrogens with one attached hydrogen (secondary N) is 1. The maximum absolute atomic E-state index is 6.67. The predicted octanol–water partition coefficient (Wildman–Crippen LogP) is 6.40. The van der Waals surface area contributed by atoms with Gasteiger partial charge in [0.05, 0.1) is 11.9 Å². The zero-order chi connectivity index (χ0) is 21.8. The molecular formula is C26H33Cl2N3. The van der Waals surface area contributed by atoms with Crippen LogP contribution in [0.2, 0.25) is 10.0 Å². The quantitative estimate of drug-likeness (QED) is 0.540. The average Bonchev–Trinajstić information content (AvgIpc) is 2.78. The SMILES string of the molecule is C=C(NC1CCCCC1)N1CCN(C(c2ccc(C)cc2)c2ccc(Cl)cc2Cl)CC1. The molecular weight excluding hydrogens is 425 g/mol. The van der Waals surface area contributed by atoms with E-state index < -0.39 is 0 Å². The second kappa shape index (κ2) is 10.3. The number of hydrogen-bond acceptors (Lipinski definition) is 3. The molecule has 0 radical (unpaired) electrons. The Morgan fingerprint density at radius 2 is 1.65 bits per heavy atom. The van der Waals surface area contributed by atoms with Crippen LogP contribution in [-0.4, -0.2) is 42.0 Å². The fourth-order valence-electron chi connectivity index (χ4n) is 4.88. The summed E-state index contributed by atoms with van der Waals surface area (Å²) in [6, 6.07) is 15.4. The molecule has 31 heavy (non-hydrogen) atoms. The van der Waals surface area contributed by atoms with Gasteiger partial charge in [0.2, 0.25) is 0 Å². The van der Waals surface area contributed by atoms with Crippen LogP contribution in [0, 0.1) is 6.92 Å². The molecule has 3 nitrogen and oxygen atoms in total. The van der Waals surface area contributed by atoms with Gasteiger partial charge in [-0.05, 0) is 43.0 Å². The number of halogens is 2. The Balaban J connectivity index is 1.48. The molecule has 0 amide bonds. The predicted molar refractivity (Wildman–Crippen MR) is 132 cm³/mol. The van der Waals surface area contributed by atoms with Crippen LogP contribution < -0.4 is 5.32 Å². The van der Waals surface area contributed by atoms with Crippen molar-refractivity contribution in [3.63, 3.8) is 0 Å². The molecule has 0 bridgehead atoms. The van der Waals surface area contributed by atoms with Crippen molar-refractivity contribution < 1.29 is 0 Å². The molecule has 1 heterocycles. The number of aryl methyl sites for hydroxylation is 1. The van der Waals surface area contributed by atoms with Crippen LogP contribution >= 0.6 is 23.2 Å². The molecule has 2 aromatic rings. The first-order valence-electron chi connectivity index (χ1n) is 11.5. The van der Waals surface area contributed by atoms with E-state index in [1.54, 1.807) is 0 Å². The van der Waals surface area contributed by atoms with Crippen LogP contribution in [0.15, 0.2) is 54.9 Å². The Hall–Kier alpha value is -1.68. The van der Waals surface area contributed by atoms with Crippen LogP contribution in [0.4, 0.5) is 0 Å². The van der Waals surface area contributed by atoms with E-state index in [1.165, 1.54) is 43.2 Å². The van der Waals surface area contributed by atoms with Gasteiger partial charge in [0.1, 0.15) is 0 Å². The van der Waals surface area contributed by atoms with Gasteiger partial charge in [-0.15, -0.1) is 0 Å². The van der Waals surface area contributed by atoms with Crippen molar-refractivity contribution in [2.45, 2.75) is 51.1 Å². The lowest BCUT2D eigenvalue weighted by Gasteiger charge is -2.42. The molecule has 0 spiro atoms. The van der Waals surface area contributed by atoms with Crippen LogP contribution in [0.25, 0.3) is 0 Å². The summed E-state index contributed by atoms with van der Waals surface area (Å²) in [7, 11) is 0. The van der Waals surface area contributed by atoms with Crippen LogP contribution in [0.3, 0.4) is 0 Å². The molecule has 1 unspecified atom stereocenters. The molecule has 2 fully saturated rings. The van der Waals surface area contributed by atoms with Crippen molar-refractivity contribution in [2.75, 3.05) is 26.2 Å². The Labute approximate surface area is 197 Å². The van der Waals surface area contributed by atoms with Crippen molar-refractivity contribution in [1.29, 1.82) is 0 Å². The average molecular weight is 458 g/mol. The second-order valence-corrected chi connectivity index (χ2v) is 9.77. The largest absolute Gasteiger partial charge is 0.370 e. The monoisotopic (exact) mass is 457 g/mol. The van der Waals surface area contributed by atoms with E-state index in [0.717, 1.165) is 42.6 Å².